The van der Waals surface area contributed by atoms with Crippen molar-refractivity contribution in [2.24, 2.45) is 0 Å². The van der Waals surface area contributed by atoms with Gasteiger partial charge in [0.1, 0.15) is 21.3 Å². The van der Waals surface area contributed by atoms with Crippen molar-refractivity contribution in [3.63, 3.8) is 0 Å². The minimum atomic E-state index is -3.10. The number of sulfone groups is 1. The van der Waals surface area contributed by atoms with Crippen LogP contribution in [0.3, 0.4) is 0 Å². The highest BCUT2D eigenvalue weighted by molar-refractivity contribution is 7.90. The minimum Gasteiger partial charge on any atom is -0.497 e. The number of hydrogen-bond donors (Lipinski definition) is 2. The molecule has 1 aromatic heterocycles. The molecule has 2 aromatic rings. The number of carbonyl (C=O) groups is 1. The van der Waals surface area contributed by atoms with Crippen LogP contribution in [0.2, 0.25) is 0 Å². The summed E-state index contributed by atoms with van der Waals surface area (Å²) in [6.07, 6.45) is 1.12. The van der Waals surface area contributed by atoms with Gasteiger partial charge in [0.05, 0.1) is 18.6 Å². The van der Waals surface area contributed by atoms with E-state index in [1.165, 1.54) is 0 Å². The molecule has 0 saturated heterocycles. The van der Waals surface area contributed by atoms with Crippen LogP contribution in [-0.4, -0.2) is 50.2 Å². The molecule has 1 amide bonds. The van der Waals surface area contributed by atoms with E-state index in [-0.39, 0.29) is 18.0 Å². The summed E-state index contributed by atoms with van der Waals surface area (Å²) in [7, 11) is -1.53. The van der Waals surface area contributed by atoms with Crippen LogP contribution in [0.15, 0.2) is 30.3 Å². The number of methoxy groups -OCH3 is 1. The molecule has 2 N–H and O–H groups in total. The molecule has 0 aliphatic rings. The molecule has 0 spiro atoms. The van der Waals surface area contributed by atoms with E-state index in [1.807, 2.05) is 24.3 Å². The monoisotopic (exact) mass is 323 g/mol. The average Bonchev–Trinajstić information content (AvgIpc) is 2.96. The summed E-state index contributed by atoms with van der Waals surface area (Å²) in [4.78, 5) is 11.9. The summed E-state index contributed by atoms with van der Waals surface area (Å²) in [5.74, 6) is 0.195. The Balaban J connectivity index is 2.05. The lowest BCUT2D eigenvalue weighted by molar-refractivity contribution is 0.0951. The highest BCUT2D eigenvalue weighted by Gasteiger charge is 2.12. The molecule has 0 saturated carbocycles. The van der Waals surface area contributed by atoms with E-state index < -0.39 is 15.7 Å². The highest BCUT2D eigenvalue weighted by Crippen LogP contribution is 2.22. The van der Waals surface area contributed by atoms with E-state index in [0.717, 1.165) is 11.8 Å². The number of nitrogens with zero attached hydrogens (tertiary/aromatic N) is 1. The van der Waals surface area contributed by atoms with E-state index in [0.29, 0.717) is 11.4 Å². The zero-order chi connectivity index (χ0) is 16.2. The third-order valence-electron chi connectivity index (χ3n) is 2.95. The summed E-state index contributed by atoms with van der Waals surface area (Å²) in [5, 5.41) is 9.25. The number of carbonyl (C=O) groups excluding carboxylic acids is 1. The number of benzene rings is 1. The molecule has 118 valence electrons. The van der Waals surface area contributed by atoms with Gasteiger partial charge in [-0.3, -0.25) is 9.89 Å². The predicted molar refractivity (Wildman–Crippen MR) is 82.6 cm³/mol. The highest BCUT2D eigenvalue weighted by atomic mass is 32.2. The standard InChI is InChI=1S/C14H17N3O4S/c1-21-11-5-3-4-10(8-11)12-9-13(17-16-12)14(18)15-6-7-22(2,19)20/h3-5,8-9H,6-7H2,1-2H3,(H,15,18)(H,16,17). The maximum atomic E-state index is 11.9. The van der Waals surface area contributed by atoms with Crippen molar-refractivity contribution in [3.05, 3.63) is 36.0 Å². The second kappa shape index (κ2) is 6.61. The van der Waals surface area contributed by atoms with E-state index in [4.69, 9.17) is 4.74 Å². The lowest BCUT2D eigenvalue weighted by Crippen LogP contribution is -2.29. The largest absolute Gasteiger partial charge is 0.497 e. The van der Waals surface area contributed by atoms with Gasteiger partial charge in [-0.25, -0.2) is 8.42 Å². The van der Waals surface area contributed by atoms with Crippen molar-refractivity contribution in [1.82, 2.24) is 15.5 Å². The molecule has 8 heteroatoms. The van der Waals surface area contributed by atoms with E-state index in [1.54, 1.807) is 13.2 Å². The first-order valence-corrected chi connectivity index (χ1v) is 8.61. The first kappa shape index (κ1) is 16.0. The van der Waals surface area contributed by atoms with Gasteiger partial charge in [0.15, 0.2) is 0 Å². The number of nitrogens with one attached hydrogen (secondary N) is 2. The molecule has 2 rings (SSSR count). The Morgan fingerprint density at radius 2 is 2.14 bits per heavy atom. The number of aromatic nitrogens is 2. The summed E-state index contributed by atoms with van der Waals surface area (Å²) in [5.41, 5.74) is 1.68. The van der Waals surface area contributed by atoms with Gasteiger partial charge in [-0.2, -0.15) is 5.10 Å². The van der Waals surface area contributed by atoms with E-state index in [2.05, 4.69) is 15.5 Å². The van der Waals surface area contributed by atoms with Crippen molar-refractivity contribution < 1.29 is 17.9 Å². The first-order chi connectivity index (χ1) is 10.4. The Hall–Kier alpha value is -2.35. The van der Waals surface area contributed by atoms with Crippen molar-refractivity contribution >= 4 is 15.7 Å². The molecule has 0 unspecified atom stereocenters. The quantitative estimate of drug-likeness (QED) is 0.821. The fourth-order valence-electron chi connectivity index (χ4n) is 1.81. The molecule has 0 atom stereocenters. The van der Waals surface area contributed by atoms with Gasteiger partial charge < -0.3 is 10.1 Å². The van der Waals surface area contributed by atoms with Gasteiger partial charge in [0.25, 0.3) is 5.91 Å². The zero-order valence-corrected chi connectivity index (χ0v) is 13.1. The van der Waals surface area contributed by atoms with Crippen LogP contribution in [0.25, 0.3) is 11.3 Å². The van der Waals surface area contributed by atoms with Crippen molar-refractivity contribution in [2.75, 3.05) is 25.7 Å². The van der Waals surface area contributed by atoms with Gasteiger partial charge in [0, 0.05) is 18.4 Å². The number of rotatable bonds is 6. The second-order valence-electron chi connectivity index (χ2n) is 4.78. The molecule has 22 heavy (non-hydrogen) atoms. The minimum absolute atomic E-state index is 0.0607. The average molecular weight is 323 g/mol. The number of aromatic amines is 1. The Kier molecular flexibility index (Phi) is 4.81. The number of hydrogen-bond acceptors (Lipinski definition) is 5. The number of H-pyrrole nitrogens is 1. The maximum Gasteiger partial charge on any atom is 0.269 e. The summed E-state index contributed by atoms with van der Waals surface area (Å²) < 4.78 is 27.2. The number of ether oxygens (including phenoxy) is 1. The Labute approximate surface area is 128 Å². The van der Waals surface area contributed by atoms with Crippen molar-refractivity contribution in [3.8, 4) is 17.0 Å². The van der Waals surface area contributed by atoms with Crippen LogP contribution < -0.4 is 10.1 Å². The topological polar surface area (TPSA) is 101 Å². The van der Waals surface area contributed by atoms with Gasteiger partial charge in [-0.15, -0.1) is 0 Å². The number of amides is 1. The lowest BCUT2D eigenvalue weighted by Gasteiger charge is -2.02. The predicted octanol–water partition coefficient (Wildman–Crippen LogP) is 0.860. The summed E-state index contributed by atoms with van der Waals surface area (Å²) in [6.45, 7) is 0.0607. The van der Waals surface area contributed by atoms with Crippen LogP contribution >= 0.6 is 0 Å². The van der Waals surface area contributed by atoms with Crippen LogP contribution in [0.5, 0.6) is 5.75 Å². The Morgan fingerprint density at radius 1 is 1.36 bits per heavy atom. The molecule has 0 aliphatic heterocycles. The molecule has 7 nitrogen and oxygen atoms in total. The van der Waals surface area contributed by atoms with Crippen molar-refractivity contribution in [1.29, 1.82) is 0 Å². The SMILES string of the molecule is COc1cccc(-c2cc(C(=O)NCCS(C)(=O)=O)[nH]n2)c1. The Bertz CT molecular complexity index is 768. The normalized spacial score (nSPS) is 11.2. The van der Waals surface area contributed by atoms with Gasteiger partial charge in [0.2, 0.25) is 0 Å². The second-order valence-corrected chi connectivity index (χ2v) is 7.04. The molecule has 0 radical (unpaired) electrons. The van der Waals surface area contributed by atoms with E-state index >= 15 is 0 Å². The van der Waals surface area contributed by atoms with Crippen LogP contribution in [0.4, 0.5) is 0 Å². The molecular formula is C14H17N3O4S. The van der Waals surface area contributed by atoms with Crippen LogP contribution in [-0.2, 0) is 9.84 Å². The van der Waals surface area contributed by atoms with Gasteiger partial charge >= 0.3 is 0 Å². The summed E-state index contributed by atoms with van der Waals surface area (Å²) >= 11 is 0. The summed E-state index contributed by atoms with van der Waals surface area (Å²) in [6, 6.07) is 8.90. The molecule has 0 bridgehead atoms. The van der Waals surface area contributed by atoms with Crippen LogP contribution in [0.1, 0.15) is 10.5 Å². The molecule has 0 aliphatic carbocycles. The molecule has 1 heterocycles. The van der Waals surface area contributed by atoms with Gasteiger partial charge in [-0.05, 0) is 18.2 Å². The lowest BCUT2D eigenvalue weighted by atomic mass is 10.1. The zero-order valence-electron chi connectivity index (χ0n) is 12.3. The fraction of sp³-hybridized carbons (Fsp3) is 0.286. The Morgan fingerprint density at radius 3 is 2.82 bits per heavy atom. The van der Waals surface area contributed by atoms with Gasteiger partial charge in [-0.1, -0.05) is 12.1 Å². The third-order valence-corrected chi connectivity index (χ3v) is 3.89. The fourth-order valence-corrected chi connectivity index (χ4v) is 2.29. The van der Waals surface area contributed by atoms with Crippen molar-refractivity contribution in [2.45, 2.75) is 0 Å². The molecule has 0 fully saturated rings. The molecular weight excluding hydrogens is 306 g/mol. The smallest absolute Gasteiger partial charge is 0.269 e. The van der Waals surface area contributed by atoms with E-state index in [9.17, 15) is 13.2 Å². The maximum absolute atomic E-state index is 11.9. The van der Waals surface area contributed by atoms with Crippen LogP contribution in [0, 0.1) is 0 Å². The molecule has 1 aromatic carbocycles. The first-order valence-electron chi connectivity index (χ1n) is 6.55. The third kappa shape index (κ3) is 4.32.